The molecular weight excluding hydrogens is 224 g/mol. The Hall–Kier alpha value is -0.930. The highest BCUT2D eigenvalue weighted by molar-refractivity contribution is 5.08. The SMILES string of the molecule is CCCC(NCC1CCCC1O)c1ccccn1. The van der Waals surface area contributed by atoms with Crippen molar-refractivity contribution in [2.45, 2.75) is 51.2 Å². The highest BCUT2D eigenvalue weighted by Gasteiger charge is 2.25. The smallest absolute Gasteiger partial charge is 0.0580 e. The summed E-state index contributed by atoms with van der Waals surface area (Å²) in [6, 6.07) is 6.40. The van der Waals surface area contributed by atoms with Gasteiger partial charge in [0.05, 0.1) is 11.8 Å². The van der Waals surface area contributed by atoms with E-state index >= 15 is 0 Å². The average molecular weight is 248 g/mol. The minimum atomic E-state index is -0.108. The number of hydrogen-bond donors (Lipinski definition) is 2. The molecule has 1 aliphatic rings. The zero-order valence-corrected chi connectivity index (χ0v) is 11.2. The summed E-state index contributed by atoms with van der Waals surface area (Å²) in [6.45, 7) is 3.10. The van der Waals surface area contributed by atoms with Crippen LogP contribution in [0.2, 0.25) is 0 Å². The van der Waals surface area contributed by atoms with Crippen molar-refractivity contribution in [3.8, 4) is 0 Å². The Morgan fingerprint density at radius 3 is 2.94 bits per heavy atom. The predicted molar refractivity (Wildman–Crippen MR) is 73.2 cm³/mol. The number of nitrogens with one attached hydrogen (secondary N) is 1. The maximum Gasteiger partial charge on any atom is 0.0580 e. The summed E-state index contributed by atoms with van der Waals surface area (Å²) in [5, 5.41) is 13.4. The van der Waals surface area contributed by atoms with Gasteiger partial charge in [-0.15, -0.1) is 0 Å². The predicted octanol–water partition coefficient (Wildman–Crippen LogP) is 2.67. The topological polar surface area (TPSA) is 45.1 Å². The van der Waals surface area contributed by atoms with Gasteiger partial charge in [-0.2, -0.15) is 0 Å². The molecule has 1 saturated carbocycles. The first kappa shape index (κ1) is 13.5. The van der Waals surface area contributed by atoms with E-state index in [1.54, 1.807) is 0 Å². The molecule has 1 fully saturated rings. The molecule has 100 valence electrons. The lowest BCUT2D eigenvalue weighted by Crippen LogP contribution is -2.31. The molecule has 3 heteroatoms. The zero-order chi connectivity index (χ0) is 12.8. The van der Waals surface area contributed by atoms with Gasteiger partial charge in [0.15, 0.2) is 0 Å². The Labute approximate surface area is 110 Å². The van der Waals surface area contributed by atoms with Crippen LogP contribution in [0.4, 0.5) is 0 Å². The summed E-state index contributed by atoms with van der Waals surface area (Å²) in [5.74, 6) is 0.424. The van der Waals surface area contributed by atoms with Gasteiger partial charge in [-0.05, 0) is 37.3 Å². The van der Waals surface area contributed by atoms with E-state index < -0.39 is 0 Å². The molecule has 18 heavy (non-hydrogen) atoms. The number of aliphatic hydroxyl groups excluding tert-OH is 1. The van der Waals surface area contributed by atoms with Crippen LogP contribution in [0.1, 0.15) is 50.8 Å². The van der Waals surface area contributed by atoms with Gasteiger partial charge in [-0.1, -0.05) is 25.8 Å². The lowest BCUT2D eigenvalue weighted by Gasteiger charge is -2.21. The third-order valence-electron chi connectivity index (χ3n) is 3.87. The van der Waals surface area contributed by atoms with Gasteiger partial charge in [0.25, 0.3) is 0 Å². The zero-order valence-electron chi connectivity index (χ0n) is 11.2. The maximum absolute atomic E-state index is 9.85. The maximum atomic E-state index is 9.85. The molecule has 2 N–H and O–H groups in total. The lowest BCUT2D eigenvalue weighted by molar-refractivity contribution is 0.129. The molecule has 1 aromatic heterocycles. The van der Waals surface area contributed by atoms with E-state index in [9.17, 15) is 5.11 Å². The minimum absolute atomic E-state index is 0.108. The van der Waals surface area contributed by atoms with Crippen LogP contribution in [0.25, 0.3) is 0 Å². The fourth-order valence-electron chi connectivity index (χ4n) is 2.77. The minimum Gasteiger partial charge on any atom is -0.393 e. The number of nitrogens with zero attached hydrogens (tertiary/aromatic N) is 1. The van der Waals surface area contributed by atoms with Gasteiger partial charge in [0.1, 0.15) is 0 Å². The van der Waals surface area contributed by atoms with Crippen LogP contribution < -0.4 is 5.32 Å². The third kappa shape index (κ3) is 3.53. The van der Waals surface area contributed by atoms with Crippen molar-refractivity contribution in [2.75, 3.05) is 6.54 Å². The van der Waals surface area contributed by atoms with Gasteiger partial charge < -0.3 is 10.4 Å². The molecular formula is C15H24N2O. The highest BCUT2D eigenvalue weighted by atomic mass is 16.3. The van der Waals surface area contributed by atoms with Crippen LogP contribution in [0, 0.1) is 5.92 Å². The van der Waals surface area contributed by atoms with Gasteiger partial charge in [-0.25, -0.2) is 0 Å². The summed E-state index contributed by atoms with van der Waals surface area (Å²) < 4.78 is 0. The van der Waals surface area contributed by atoms with E-state index in [2.05, 4.69) is 23.3 Å². The molecule has 1 aliphatic carbocycles. The normalized spacial score (nSPS) is 25.2. The van der Waals surface area contributed by atoms with Crippen LogP contribution in [0.15, 0.2) is 24.4 Å². The van der Waals surface area contributed by atoms with Crippen molar-refractivity contribution < 1.29 is 5.11 Å². The molecule has 1 aromatic rings. The van der Waals surface area contributed by atoms with Crippen LogP contribution in [0.3, 0.4) is 0 Å². The summed E-state index contributed by atoms with van der Waals surface area (Å²) in [7, 11) is 0. The number of aliphatic hydroxyl groups is 1. The van der Waals surface area contributed by atoms with E-state index in [1.165, 1.54) is 0 Å². The van der Waals surface area contributed by atoms with E-state index in [1.807, 2.05) is 18.3 Å². The Balaban J connectivity index is 1.90. The van der Waals surface area contributed by atoms with Crippen molar-refractivity contribution in [1.29, 1.82) is 0 Å². The average Bonchev–Trinajstić information content (AvgIpc) is 2.81. The van der Waals surface area contributed by atoms with Crippen LogP contribution in [-0.2, 0) is 0 Å². The molecule has 0 spiro atoms. The second-order valence-electron chi connectivity index (χ2n) is 5.26. The molecule has 1 heterocycles. The van der Waals surface area contributed by atoms with Crippen molar-refractivity contribution >= 4 is 0 Å². The molecule has 2 rings (SSSR count). The van der Waals surface area contributed by atoms with E-state index in [-0.39, 0.29) is 6.10 Å². The number of rotatable bonds is 6. The monoisotopic (exact) mass is 248 g/mol. The summed E-state index contributed by atoms with van der Waals surface area (Å²) in [4.78, 5) is 4.44. The largest absolute Gasteiger partial charge is 0.393 e. The first-order valence-corrected chi connectivity index (χ1v) is 7.13. The molecule has 3 atom stereocenters. The molecule has 0 aliphatic heterocycles. The molecule has 3 unspecified atom stereocenters. The number of pyridine rings is 1. The summed E-state index contributed by atoms with van der Waals surface area (Å²) in [6.07, 6.45) is 7.26. The van der Waals surface area contributed by atoms with Gasteiger partial charge in [0.2, 0.25) is 0 Å². The van der Waals surface area contributed by atoms with Crippen LogP contribution >= 0.6 is 0 Å². The Morgan fingerprint density at radius 2 is 2.33 bits per heavy atom. The lowest BCUT2D eigenvalue weighted by atomic mass is 10.0. The molecule has 0 amide bonds. The summed E-state index contributed by atoms with van der Waals surface area (Å²) >= 11 is 0. The first-order chi connectivity index (χ1) is 8.81. The fourth-order valence-corrected chi connectivity index (χ4v) is 2.77. The van der Waals surface area contributed by atoms with E-state index in [4.69, 9.17) is 0 Å². The molecule has 0 radical (unpaired) electrons. The first-order valence-electron chi connectivity index (χ1n) is 7.13. The van der Waals surface area contributed by atoms with Crippen molar-refractivity contribution in [1.82, 2.24) is 10.3 Å². The van der Waals surface area contributed by atoms with Gasteiger partial charge in [0, 0.05) is 18.8 Å². The van der Waals surface area contributed by atoms with E-state index in [0.717, 1.165) is 44.3 Å². The standard InChI is InChI=1S/C15H24N2O/c1-2-6-13(14-8-3-4-10-16-14)17-11-12-7-5-9-15(12)18/h3-4,8,10,12-13,15,17-18H,2,5-7,9,11H2,1H3. The van der Waals surface area contributed by atoms with Crippen LogP contribution in [0.5, 0.6) is 0 Å². The van der Waals surface area contributed by atoms with Crippen molar-refractivity contribution in [3.05, 3.63) is 30.1 Å². The highest BCUT2D eigenvalue weighted by Crippen LogP contribution is 2.26. The van der Waals surface area contributed by atoms with E-state index in [0.29, 0.717) is 12.0 Å². The second-order valence-corrected chi connectivity index (χ2v) is 5.26. The number of hydrogen-bond acceptors (Lipinski definition) is 3. The number of aromatic nitrogens is 1. The quantitative estimate of drug-likeness (QED) is 0.813. The Bertz CT molecular complexity index is 342. The Kier molecular flexibility index (Phi) is 5.14. The van der Waals surface area contributed by atoms with Crippen molar-refractivity contribution in [3.63, 3.8) is 0 Å². The second kappa shape index (κ2) is 6.86. The van der Waals surface area contributed by atoms with Crippen LogP contribution in [-0.4, -0.2) is 22.7 Å². The third-order valence-corrected chi connectivity index (χ3v) is 3.87. The molecule has 0 saturated heterocycles. The molecule has 3 nitrogen and oxygen atoms in total. The summed E-state index contributed by atoms with van der Waals surface area (Å²) in [5.41, 5.74) is 1.12. The molecule has 0 aromatic carbocycles. The Morgan fingerprint density at radius 1 is 1.44 bits per heavy atom. The van der Waals surface area contributed by atoms with Gasteiger partial charge in [-0.3, -0.25) is 4.98 Å². The van der Waals surface area contributed by atoms with Crippen molar-refractivity contribution in [2.24, 2.45) is 5.92 Å². The fraction of sp³-hybridized carbons (Fsp3) is 0.667. The van der Waals surface area contributed by atoms with Gasteiger partial charge >= 0.3 is 0 Å². The molecule has 0 bridgehead atoms.